The number of furan rings is 1. The minimum absolute atomic E-state index is 0.293. The fraction of sp³-hybridized carbons (Fsp3) is 0.350. The number of carbonyl (C=O) groups is 1. The number of hydrogen-bond donors (Lipinski definition) is 0. The third kappa shape index (κ3) is 3.03. The van der Waals surface area contributed by atoms with Crippen molar-refractivity contribution in [3.8, 4) is 0 Å². The van der Waals surface area contributed by atoms with Crippen LogP contribution in [0.4, 0.5) is 0 Å². The van der Waals surface area contributed by atoms with E-state index in [1.54, 1.807) is 6.08 Å². The summed E-state index contributed by atoms with van der Waals surface area (Å²) >= 11 is 1.48. The lowest BCUT2D eigenvalue weighted by Gasteiger charge is -2.29. The Hall–Kier alpha value is -1.94. The number of fused-ring (bicyclic) bond motifs is 1. The standard InChI is InChI=1S/C20H22O3S/c1-3-13-20(19(21)22-2,24-16-10-5-4-6-11-16)18-17-12-8-7-9-15(17)14-23-18/h3-6,10-11,14H,1,7-9,12-13H2,2H3. The van der Waals surface area contributed by atoms with Gasteiger partial charge in [-0.3, -0.25) is 4.79 Å². The molecule has 1 heterocycles. The molecule has 24 heavy (non-hydrogen) atoms. The first-order chi connectivity index (χ1) is 11.7. The van der Waals surface area contributed by atoms with E-state index in [-0.39, 0.29) is 5.97 Å². The first kappa shape index (κ1) is 16.9. The molecule has 0 bridgehead atoms. The summed E-state index contributed by atoms with van der Waals surface area (Å²) < 4.78 is 10.2. The van der Waals surface area contributed by atoms with E-state index < -0.39 is 4.75 Å². The monoisotopic (exact) mass is 342 g/mol. The number of esters is 1. The number of carbonyl (C=O) groups excluding carboxylic acids is 1. The number of ether oxygens (including phenoxy) is 1. The van der Waals surface area contributed by atoms with Gasteiger partial charge in [-0.1, -0.05) is 36.0 Å². The molecule has 0 saturated heterocycles. The Labute approximate surface area is 147 Å². The van der Waals surface area contributed by atoms with Gasteiger partial charge in [-0.05, 0) is 55.4 Å². The van der Waals surface area contributed by atoms with E-state index in [1.807, 2.05) is 36.6 Å². The fourth-order valence-corrected chi connectivity index (χ4v) is 4.64. The van der Waals surface area contributed by atoms with Crippen LogP contribution in [0.2, 0.25) is 0 Å². The van der Waals surface area contributed by atoms with E-state index in [2.05, 4.69) is 6.58 Å². The van der Waals surface area contributed by atoms with E-state index >= 15 is 0 Å². The van der Waals surface area contributed by atoms with Crippen molar-refractivity contribution in [2.75, 3.05) is 7.11 Å². The van der Waals surface area contributed by atoms with Crippen LogP contribution >= 0.6 is 11.8 Å². The molecule has 126 valence electrons. The average Bonchev–Trinajstić information content (AvgIpc) is 3.06. The van der Waals surface area contributed by atoms with Gasteiger partial charge < -0.3 is 9.15 Å². The minimum Gasteiger partial charge on any atom is -0.468 e. The highest BCUT2D eigenvalue weighted by molar-refractivity contribution is 8.01. The number of rotatable bonds is 6. The highest BCUT2D eigenvalue weighted by Gasteiger charge is 2.47. The van der Waals surface area contributed by atoms with E-state index in [0.717, 1.165) is 29.9 Å². The van der Waals surface area contributed by atoms with Gasteiger partial charge in [-0.2, -0.15) is 0 Å². The highest BCUT2D eigenvalue weighted by Crippen LogP contribution is 2.48. The molecule has 0 radical (unpaired) electrons. The number of aryl methyl sites for hydroxylation is 1. The van der Waals surface area contributed by atoms with Gasteiger partial charge in [0, 0.05) is 4.90 Å². The molecule has 1 atom stereocenters. The van der Waals surface area contributed by atoms with Crippen molar-refractivity contribution < 1.29 is 13.9 Å². The van der Waals surface area contributed by atoms with Crippen LogP contribution in [-0.2, 0) is 27.1 Å². The summed E-state index contributed by atoms with van der Waals surface area (Å²) in [4.78, 5) is 13.9. The zero-order valence-electron chi connectivity index (χ0n) is 13.9. The molecule has 3 nitrogen and oxygen atoms in total. The maximum absolute atomic E-state index is 12.9. The number of methoxy groups -OCH3 is 1. The van der Waals surface area contributed by atoms with Crippen molar-refractivity contribution >= 4 is 17.7 Å². The van der Waals surface area contributed by atoms with Crippen molar-refractivity contribution in [3.63, 3.8) is 0 Å². The van der Waals surface area contributed by atoms with Crippen LogP contribution in [0.15, 0.2) is 58.6 Å². The molecule has 1 aromatic carbocycles. The van der Waals surface area contributed by atoms with Gasteiger partial charge in [0.1, 0.15) is 5.76 Å². The van der Waals surface area contributed by atoms with Crippen LogP contribution < -0.4 is 0 Å². The lowest BCUT2D eigenvalue weighted by molar-refractivity contribution is -0.144. The van der Waals surface area contributed by atoms with Crippen molar-refractivity contribution in [1.82, 2.24) is 0 Å². The Kier molecular flexibility index (Phi) is 5.14. The second kappa shape index (κ2) is 7.31. The fourth-order valence-electron chi connectivity index (χ4n) is 3.31. The quantitative estimate of drug-likeness (QED) is 0.425. The summed E-state index contributed by atoms with van der Waals surface area (Å²) in [5.74, 6) is 0.441. The molecule has 0 N–H and O–H groups in total. The molecule has 0 spiro atoms. The van der Waals surface area contributed by atoms with Gasteiger partial charge in [0.15, 0.2) is 4.75 Å². The van der Waals surface area contributed by atoms with Crippen LogP contribution in [0.25, 0.3) is 0 Å². The maximum Gasteiger partial charge on any atom is 0.330 e. The van der Waals surface area contributed by atoms with Crippen LogP contribution in [-0.4, -0.2) is 13.1 Å². The summed E-state index contributed by atoms with van der Waals surface area (Å²) in [6.45, 7) is 3.86. The summed E-state index contributed by atoms with van der Waals surface area (Å²) in [5.41, 5.74) is 2.40. The molecule has 0 amide bonds. The van der Waals surface area contributed by atoms with Crippen molar-refractivity contribution in [2.45, 2.75) is 41.7 Å². The molecule has 1 aromatic heterocycles. The zero-order chi connectivity index (χ0) is 17.0. The minimum atomic E-state index is -0.928. The van der Waals surface area contributed by atoms with Gasteiger partial charge in [-0.25, -0.2) is 0 Å². The third-order valence-electron chi connectivity index (χ3n) is 4.45. The van der Waals surface area contributed by atoms with Crippen molar-refractivity contribution in [3.05, 3.63) is 66.1 Å². The molecule has 0 saturated carbocycles. The van der Waals surface area contributed by atoms with Crippen molar-refractivity contribution in [1.29, 1.82) is 0 Å². The first-order valence-electron chi connectivity index (χ1n) is 8.24. The predicted molar refractivity (Wildman–Crippen MR) is 96.2 cm³/mol. The molecule has 1 aliphatic rings. The predicted octanol–water partition coefficient (Wildman–Crippen LogP) is 4.90. The summed E-state index contributed by atoms with van der Waals surface area (Å²) in [5, 5.41) is 0. The number of allylic oxidation sites excluding steroid dienone is 1. The Morgan fingerprint density at radius 1 is 1.33 bits per heavy atom. The topological polar surface area (TPSA) is 39.4 Å². The van der Waals surface area contributed by atoms with Crippen LogP contribution in [0.1, 0.15) is 36.1 Å². The number of thioether (sulfide) groups is 1. The first-order valence-corrected chi connectivity index (χ1v) is 9.06. The second-order valence-electron chi connectivity index (χ2n) is 6.00. The normalized spacial score (nSPS) is 16.0. The maximum atomic E-state index is 12.9. The van der Waals surface area contributed by atoms with Crippen LogP contribution in [0, 0.1) is 0 Å². The molecule has 2 aromatic rings. The van der Waals surface area contributed by atoms with Gasteiger partial charge in [0.2, 0.25) is 0 Å². The Balaban J connectivity index is 2.11. The molecule has 0 fully saturated rings. The SMILES string of the molecule is C=CCC(Sc1ccccc1)(C(=O)OC)c1occ2c1CCCC2. The smallest absolute Gasteiger partial charge is 0.330 e. The second-order valence-corrected chi connectivity index (χ2v) is 7.37. The highest BCUT2D eigenvalue weighted by atomic mass is 32.2. The van der Waals surface area contributed by atoms with E-state index in [9.17, 15) is 4.79 Å². The number of hydrogen-bond acceptors (Lipinski definition) is 4. The third-order valence-corrected chi connectivity index (χ3v) is 5.83. The molecule has 1 unspecified atom stereocenters. The molecular formula is C20H22O3S. The summed E-state index contributed by atoms with van der Waals surface area (Å²) in [6.07, 6.45) is 8.30. The van der Waals surface area contributed by atoms with Gasteiger partial charge in [-0.15, -0.1) is 6.58 Å². The van der Waals surface area contributed by atoms with E-state index in [1.165, 1.54) is 36.4 Å². The van der Waals surface area contributed by atoms with Crippen molar-refractivity contribution in [2.24, 2.45) is 0 Å². The summed E-state index contributed by atoms with van der Waals surface area (Å²) in [6, 6.07) is 9.90. The Morgan fingerprint density at radius 2 is 2.08 bits per heavy atom. The molecular weight excluding hydrogens is 320 g/mol. The zero-order valence-corrected chi connectivity index (χ0v) is 14.7. The molecule has 3 rings (SSSR count). The van der Waals surface area contributed by atoms with E-state index in [4.69, 9.17) is 9.15 Å². The van der Waals surface area contributed by atoms with Crippen LogP contribution in [0.3, 0.4) is 0 Å². The van der Waals surface area contributed by atoms with Gasteiger partial charge in [0.25, 0.3) is 0 Å². The molecule has 1 aliphatic carbocycles. The average molecular weight is 342 g/mol. The Bertz CT molecular complexity index is 720. The molecule has 0 aliphatic heterocycles. The van der Waals surface area contributed by atoms with Gasteiger partial charge >= 0.3 is 5.97 Å². The summed E-state index contributed by atoms with van der Waals surface area (Å²) in [7, 11) is 1.43. The lowest BCUT2D eigenvalue weighted by Crippen LogP contribution is -2.34. The molecule has 4 heteroatoms. The lowest BCUT2D eigenvalue weighted by atomic mass is 9.88. The largest absolute Gasteiger partial charge is 0.468 e. The number of benzene rings is 1. The van der Waals surface area contributed by atoms with Gasteiger partial charge in [0.05, 0.1) is 13.4 Å². The Morgan fingerprint density at radius 3 is 2.79 bits per heavy atom. The van der Waals surface area contributed by atoms with Crippen LogP contribution in [0.5, 0.6) is 0 Å². The van der Waals surface area contributed by atoms with E-state index in [0.29, 0.717) is 6.42 Å².